The molecule has 0 fully saturated rings. The number of fused-ring (bicyclic) bond motifs is 1. The summed E-state index contributed by atoms with van der Waals surface area (Å²) in [5, 5.41) is 0. The minimum absolute atomic E-state index is 0.0148. The summed E-state index contributed by atoms with van der Waals surface area (Å²) in [5.41, 5.74) is 10.9. The van der Waals surface area contributed by atoms with E-state index in [-0.39, 0.29) is 11.9 Å². The molecule has 1 unspecified atom stereocenters. The van der Waals surface area contributed by atoms with Gasteiger partial charge in [-0.15, -0.1) is 0 Å². The lowest BCUT2D eigenvalue weighted by atomic mass is 9.95. The zero-order chi connectivity index (χ0) is 16.5. The number of nitrogen functional groups attached to an aromatic ring is 1. The van der Waals surface area contributed by atoms with Crippen molar-refractivity contribution in [1.29, 1.82) is 0 Å². The van der Waals surface area contributed by atoms with Crippen molar-refractivity contribution in [2.24, 2.45) is 0 Å². The second-order valence-electron chi connectivity index (χ2n) is 6.39. The molecule has 1 amide bonds. The van der Waals surface area contributed by atoms with E-state index in [1.54, 1.807) is 12.1 Å². The largest absolute Gasteiger partial charge is 0.399 e. The van der Waals surface area contributed by atoms with Crippen LogP contribution in [0.5, 0.6) is 0 Å². The number of amides is 1. The lowest BCUT2D eigenvalue weighted by Gasteiger charge is -2.31. The molecule has 3 heteroatoms. The Labute approximate surface area is 142 Å². The maximum atomic E-state index is 13.2. The van der Waals surface area contributed by atoms with Gasteiger partial charge in [0.25, 0.3) is 5.91 Å². The van der Waals surface area contributed by atoms with Gasteiger partial charge in [-0.05, 0) is 59.9 Å². The molecule has 0 radical (unpaired) electrons. The van der Waals surface area contributed by atoms with Crippen LogP contribution in [0.25, 0.3) is 0 Å². The first-order valence-electron chi connectivity index (χ1n) is 8.34. The monoisotopic (exact) mass is 316 g/mol. The standard InChI is InChI=1S/C21H20N2O/c22-19-11-9-15(10-12-19)21(24)23-14-18-7-2-1-5-16(18)13-17-6-3-4-8-20(17)23/h1,3-6,8-13,20H,2,7,14,22H2. The Morgan fingerprint density at radius 2 is 1.96 bits per heavy atom. The fourth-order valence-corrected chi connectivity index (χ4v) is 3.49. The normalized spacial score (nSPS) is 21.9. The second-order valence-corrected chi connectivity index (χ2v) is 6.39. The van der Waals surface area contributed by atoms with E-state index in [4.69, 9.17) is 5.73 Å². The molecule has 3 aliphatic rings. The minimum Gasteiger partial charge on any atom is -0.399 e. The highest BCUT2D eigenvalue weighted by atomic mass is 16.2. The Morgan fingerprint density at radius 3 is 2.79 bits per heavy atom. The lowest BCUT2D eigenvalue weighted by Crippen LogP contribution is -2.41. The van der Waals surface area contributed by atoms with Crippen LogP contribution in [0, 0.1) is 0 Å². The average Bonchev–Trinajstić information content (AvgIpc) is 2.78. The molecule has 1 atom stereocenters. The Hall–Kier alpha value is -2.81. The average molecular weight is 316 g/mol. The van der Waals surface area contributed by atoms with E-state index < -0.39 is 0 Å². The molecular formula is C21H20N2O. The van der Waals surface area contributed by atoms with Crippen LogP contribution in [-0.4, -0.2) is 23.4 Å². The molecule has 1 aliphatic heterocycles. The summed E-state index contributed by atoms with van der Waals surface area (Å²) in [4.78, 5) is 15.1. The van der Waals surface area contributed by atoms with Crippen LogP contribution in [0.1, 0.15) is 23.2 Å². The molecule has 2 aliphatic carbocycles. The molecule has 120 valence electrons. The number of hydrogen-bond acceptors (Lipinski definition) is 2. The first kappa shape index (κ1) is 14.8. The molecule has 0 bridgehead atoms. The molecule has 1 aromatic carbocycles. The number of benzene rings is 1. The van der Waals surface area contributed by atoms with Gasteiger partial charge in [0, 0.05) is 17.8 Å². The number of nitrogens with zero attached hydrogens (tertiary/aromatic N) is 1. The number of nitrogens with two attached hydrogens (primary N) is 1. The summed E-state index contributed by atoms with van der Waals surface area (Å²) in [6, 6.07) is 7.17. The van der Waals surface area contributed by atoms with Gasteiger partial charge in [-0.25, -0.2) is 0 Å². The van der Waals surface area contributed by atoms with Crippen molar-refractivity contribution >= 4 is 11.6 Å². The van der Waals surface area contributed by atoms with Crippen LogP contribution in [0.4, 0.5) is 5.69 Å². The first-order chi connectivity index (χ1) is 11.7. The molecule has 2 N–H and O–H groups in total. The van der Waals surface area contributed by atoms with Crippen molar-refractivity contribution in [2.75, 3.05) is 12.3 Å². The fraction of sp³-hybridized carbons (Fsp3) is 0.190. The summed E-state index contributed by atoms with van der Waals surface area (Å²) >= 11 is 0. The molecule has 24 heavy (non-hydrogen) atoms. The molecule has 0 saturated heterocycles. The molecule has 0 spiro atoms. The zero-order valence-corrected chi connectivity index (χ0v) is 13.5. The lowest BCUT2D eigenvalue weighted by molar-refractivity contribution is 0.0750. The van der Waals surface area contributed by atoms with E-state index in [2.05, 4.69) is 30.4 Å². The van der Waals surface area contributed by atoms with E-state index in [0.29, 0.717) is 17.8 Å². The summed E-state index contributed by atoms with van der Waals surface area (Å²) in [7, 11) is 0. The number of carbonyl (C=O) groups is 1. The van der Waals surface area contributed by atoms with Crippen LogP contribution in [0.15, 0.2) is 83.5 Å². The fourth-order valence-electron chi connectivity index (χ4n) is 3.49. The smallest absolute Gasteiger partial charge is 0.254 e. The van der Waals surface area contributed by atoms with Gasteiger partial charge in [-0.1, -0.05) is 36.5 Å². The Bertz CT molecular complexity index is 822. The maximum absolute atomic E-state index is 13.2. The van der Waals surface area contributed by atoms with Crippen LogP contribution < -0.4 is 5.73 Å². The van der Waals surface area contributed by atoms with Gasteiger partial charge in [-0.3, -0.25) is 4.79 Å². The van der Waals surface area contributed by atoms with Crippen molar-refractivity contribution in [2.45, 2.75) is 18.9 Å². The number of carbonyl (C=O) groups excluding carboxylic acids is 1. The maximum Gasteiger partial charge on any atom is 0.254 e. The highest BCUT2D eigenvalue weighted by molar-refractivity contribution is 5.95. The van der Waals surface area contributed by atoms with Crippen molar-refractivity contribution in [3.63, 3.8) is 0 Å². The van der Waals surface area contributed by atoms with Gasteiger partial charge >= 0.3 is 0 Å². The SMILES string of the molecule is Nc1ccc(C(=O)N2CC3=C(C=CCC3)C=C3C=CC=CC32)cc1. The summed E-state index contributed by atoms with van der Waals surface area (Å²) in [6.07, 6.45) is 16.9. The quantitative estimate of drug-likeness (QED) is 0.801. The predicted octanol–water partition coefficient (Wildman–Crippen LogP) is 3.79. The summed E-state index contributed by atoms with van der Waals surface area (Å²) in [5.74, 6) is 0.0501. The summed E-state index contributed by atoms with van der Waals surface area (Å²) < 4.78 is 0. The Kier molecular flexibility index (Phi) is 3.69. The van der Waals surface area contributed by atoms with Crippen molar-refractivity contribution in [3.05, 3.63) is 89.1 Å². The van der Waals surface area contributed by atoms with E-state index in [0.717, 1.165) is 18.4 Å². The van der Waals surface area contributed by atoms with Gasteiger partial charge in [0.1, 0.15) is 0 Å². The number of anilines is 1. The third kappa shape index (κ3) is 2.62. The highest BCUT2D eigenvalue weighted by Gasteiger charge is 2.29. The Morgan fingerprint density at radius 1 is 1.12 bits per heavy atom. The van der Waals surface area contributed by atoms with Crippen molar-refractivity contribution < 1.29 is 4.79 Å². The van der Waals surface area contributed by atoms with Crippen LogP contribution in [-0.2, 0) is 0 Å². The molecule has 3 nitrogen and oxygen atoms in total. The highest BCUT2D eigenvalue weighted by Crippen LogP contribution is 2.31. The van der Waals surface area contributed by atoms with Gasteiger partial charge in [0.05, 0.1) is 6.04 Å². The molecule has 1 aromatic rings. The van der Waals surface area contributed by atoms with Gasteiger partial charge in [0.2, 0.25) is 0 Å². The van der Waals surface area contributed by atoms with Crippen LogP contribution in [0.3, 0.4) is 0 Å². The molecule has 0 aromatic heterocycles. The van der Waals surface area contributed by atoms with E-state index in [9.17, 15) is 4.79 Å². The molecule has 0 saturated carbocycles. The van der Waals surface area contributed by atoms with Gasteiger partial charge < -0.3 is 10.6 Å². The van der Waals surface area contributed by atoms with E-state index >= 15 is 0 Å². The first-order valence-corrected chi connectivity index (χ1v) is 8.34. The number of allylic oxidation sites excluding steroid dienone is 6. The molecule has 4 rings (SSSR count). The van der Waals surface area contributed by atoms with E-state index in [1.165, 1.54) is 11.1 Å². The molecular weight excluding hydrogens is 296 g/mol. The topological polar surface area (TPSA) is 46.3 Å². The number of hydrogen-bond donors (Lipinski definition) is 1. The van der Waals surface area contributed by atoms with Crippen LogP contribution >= 0.6 is 0 Å². The van der Waals surface area contributed by atoms with Gasteiger partial charge in [0.15, 0.2) is 0 Å². The summed E-state index contributed by atoms with van der Waals surface area (Å²) in [6.45, 7) is 0.672. The predicted molar refractivity (Wildman–Crippen MR) is 97.4 cm³/mol. The zero-order valence-electron chi connectivity index (χ0n) is 13.5. The van der Waals surface area contributed by atoms with E-state index in [1.807, 2.05) is 29.2 Å². The molecule has 1 heterocycles. The third-order valence-corrected chi connectivity index (χ3v) is 4.79. The number of rotatable bonds is 1. The van der Waals surface area contributed by atoms with Crippen molar-refractivity contribution in [3.8, 4) is 0 Å². The van der Waals surface area contributed by atoms with Crippen LogP contribution in [0.2, 0.25) is 0 Å². The minimum atomic E-state index is -0.0148. The van der Waals surface area contributed by atoms with Crippen molar-refractivity contribution in [1.82, 2.24) is 4.90 Å². The Balaban J connectivity index is 1.75. The van der Waals surface area contributed by atoms with Gasteiger partial charge in [-0.2, -0.15) is 0 Å². The second kappa shape index (κ2) is 6.00. The third-order valence-electron chi connectivity index (χ3n) is 4.79.